The zero-order chi connectivity index (χ0) is 21.1. The lowest BCUT2D eigenvalue weighted by Gasteiger charge is -2.14. The van der Waals surface area contributed by atoms with Gasteiger partial charge < -0.3 is 25.1 Å². The molecule has 1 aliphatic carbocycles. The fourth-order valence-electron chi connectivity index (χ4n) is 5.12. The first-order chi connectivity index (χ1) is 15.2. The molecule has 0 bridgehead atoms. The van der Waals surface area contributed by atoms with Gasteiger partial charge in [0.05, 0.1) is 25.4 Å². The zero-order valence-electron chi connectivity index (χ0n) is 17.1. The summed E-state index contributed by atoms with van der Waals surface area (Å²) in [5, 5.41) is 6.92. The molecule has 3 aromatic rings. The van der Waals surface area contributed by atoms with Crippen molar-refractivity contribution in [2.45, 2.75) is 12.0 Å². The van der Waals surface area contributed by atoms with Crippen molar-refractivity contribution in [1.82, 2.24) is 15.6 Å². The van der Waals surface area contributed by atoms with Crippen LogP contribution in [0.4, 0.5) is 0 Å². The van der Waals surface area contributed by atoms with Crippen LogP contribution in [0.25, 0.3) is 10.9 Å². The van der Waals surface area contributed by atoms with Crippen LogP contribution in [0, 0.1) is 11.8 Å². The van der Waals surface area contributed by atoms with Gasteiger partial charge in [0.15, 0.2) is 0 Å². The number of hydrogen-bond donors (Lipinski definition) is 3. The van der Waals surface area contributed by atoms with Crippen LogP contribution in [0.2, 0.25) is 0 Å². The number of nitrogens with one attached hydrogen (secondary N) is 3. The highest BCUT2D eigenvalue weighted by atomic mass is 16.5. The van der Waals surface area contributed by atoms with Gasteiger partial charge in [0.1, 0.15) is 5.75 Å². The third-order valence-corrected chi connectivity index (χ3v) is 6.88. The molecule has 31 heavy (non-hydrogen) atoms. The van der Waals surface area contributed by atoms with E-state index < -0.39 is 0 Å². The van der Waals surface area contributed by atoms with Crippen LogP contribution in [-0.2, 0) is 4.74 Å². The Labute approximate surface area is 179 Å². The van der Waals surface area contributed by atoms with E-state index in [0.29, 0.717) is 48.5 Å². The van der Waals surface area contributed by atoms with Gasteiger partial charge in [-0.1, -0.05) is 12.1 Å². The first-order valence-corrected chi connectivity index (χ1v) is 10.6. The highest BCUT2D eigenvalue weighted by Gasteiger charge is 2.54. The van der Waals surface area contributed by atoms with E-state index in [4.69, 9.17) is 9.47 Å². The Morgan fingerprint density at radius 1 is 1.03 bits per heavy atom. The molecule has 3 heterocycles. The van der Waals surface area contributed by atoms with Crippen LogP contribution in [0.15, 0.2) is 42.6 Å². The molecular weight excluding hydrogens is 394 g/mol. The average molecular weight is 417 g/mol. The Morgan fingerprint density at radius 2 is 1.87 bits per heavy atom. The fraction of sp³-hybridized carbons (Fsp3) is 0.333. The van der Waals surface area contributed by atoms with E-state index in [1.165, 1.54) is 0 Å². The second-order valence-corrected chi connectivity index (χ2v) is 8.54. The molecule has 0 spiro atoms. The summed E-state index contributed by atoms with van der Waals surface area (Å²) in [6.45, 7) is 1.85. The van der Waals surface area contributed by atoms with Crippen LogP contribution in [-0.4, -0.2) is 49.7 Å². The van der Waals surface area contributed by atoms with Crippen molar-refractivity contribution in [3.05, 3.63) is 64.8 Å². The molecule has 158 valence electrons. The van der Waals surface area contributed by atoms with Crippen molar-refractivity contribution >= 4 is 22.7 Å². The van der Waals surface area contributed by atoms with E-state index in [2.05, 4.69) is 21.7 Å². The molecule has 7 heteroatoms. The first-order valence-electron chi connectivity index (χ1n) is 10.6. The maximum atomic E-state index is 13.1. The van der Waals surface area contributed by atoms with Crippen molar-refractivity contribution < 1.29 is 19.1 Å². The maximum absolute atomic E-state index is 13.1. The zero-order valence-corrected chi connectivity index (χ0v) is 17.1. The summed E-state index contributed by atoms with van der Waals surface area (Å²) in [4.78, 5) is 28.9. The summed E-state index contributed by atoms with van der Waals surface area (Å²) in [5.74, 6) is 0.920. The summed E-state index contributed by atoms with van der Waals surface area (Å²) in [6, 6.07) is 11.9. The molecule has 1 aromatic heterocycles. The average Bonchev–Trinajstić information content (AvgIpc) is 3.29. The van der Waals surface area contributed by atoms with Gasteiger partial charge in [0.2, 0.25) is 0 Å². The lowest BCUT2D eigenvalue weighted by Crippen LogP contribution is -2.30. The van der Waals surface area contributed by atoms with Crippen molar-refractivity contribution in [1.29, 1.82) is 0 Å². The van der Waals surface area contributed by atoms with Crippen LogP contribution >= 0.6 is 0 Å². The molecular formula is C24H23N3O4. The van der Waals surface area contributed by atoms with Crippen LogP contribution < -0.4 is 15.4 Å². The molecule has 2 amide bonds. The van der Waals surface area contributed by atoms with Gasteiger partial charge in [-0.25, -0.2) is 0 Å². The molecule has 3 aliphatic rings. The number of hydrogen-bond acceptors (Lipinski definition) is 4. The smallest absolute Gasteiger partial charge is 0.254 e. The predicted octanol–water partition coefficient (Wildman–Crippen LogP) is 2.43. The van der Waals surface area contributed by atoms with E-state index in [0.717, 1.165) is 22.0 Å². The molecule has 6 rings (SSSR count). The summed E-state index contributed by atoms with van der Waals surface area (Å²) in [5.41, 5.74) is 3.92. The number of carbonyl (C=O) groups is 2. The molecule has 3 N–H and O–H groups in total. The standard InChI is InChI=1S/C24H23N3O4/c1-25-24(29)16-8-12(23(28)27-21-18-9-30-10-19(18)21)7-15-17(11-31-22(15)16)13-3-2-4-20-14(13)5-6-26-20/h2-8,17-19,21,26H,9-11H2,1H3,(H,25,29)(H,27,28)/t17-,18-,19+,21+/m1/s1. The molecule has 0 unspecified atom stereocenters. The van der Waals surface area contributed by atoms with Crippen molar-refractivity contribution in [2.75, 3.05) is 26.9 Å². The lowest BCUT2D eigenvalue weighted by molar-refractivity contribution is 0.0929. The van der Waals surface area contributed by atoms with Crippen LogP contribution in [0.5, 0.6) is 5.75 Å². The number of aromatic nitrogens is 1. The molecule has 1 saturated carbocycles. The molecule has 1 saturated heterocycles. The Balaban J connectivity index is 1.40. The number of aromatic amines is 1. The van der Waals surface area contributed by atoms with Crippen molar-refractivity contribution in [3.8, 4) is 5.75 Å². The van der Waals surface area contributed by atoms with Crippen LogP contribution in [0.3, 0.4) is 0 Å². The van der Waals surface area contributed by atoms with Gasteiger partial charge in [-0.2, -0.15) is 0 Å². The van der Waals surface area contributed by atoms with Crippen molar-refractivity contribution in [3.63, 3.8) is 0 Å². The van der Waals surface area contributed by atoms with E-state index in [1.807, 2.05) is 30.5 Å². The van der Waals surface area contributed by atoms with Gasteiger partial charge in [0.25, 0.3) is 11.8 Å². The number of amides is 2. The predicted molar refractivity (Wildman–Crippen MR) is 115 cm³/mol. The Hall–Kier alpha value is -3.32. The fourth-order valence-corrected chi connectivity index (χ4v) is 5.12. The topological polar surface area (TPSA) is 92.5 Å². The number of carbonyl (C=O) groups excluding carboxylic acids is 2. The quantitative estimate of drug-likeness (QED) is 0.608. The second kappa shape index (κ2) is 6.85. The Bertz CT molecular complexity index is 1210. The van der Waals surface area contributed by atoms with Gasteiger partial charge in [-0.3, -0.25) is 9.59 Å². The second-order valence-electron chi connectivity index (χ2n) is 8.54. The Kier molecular flexibility index (Phi) is 4.08. The molecule has 2 fully saturated rings. The molecule has 2 aliphatic heterocycles. The van der Waals surface area contributed by atoms with Crippen molar-refractivity contribution in [2.24, 2.45) is 11.8 Å². The number of benzene rings is 2. The monoisotopic (exact) mass is 417 g/mol. The summed E-state index contributed by atoms with van der Waals surface area (Å²) >= 11 is 0. The summed E-state index contributed by atoms with van der Waals surface area (Å²) in [7, 11) is 1.58. The number of rotatable bonds is 4. The van der Waals surface area contributed by atoms with E-state index >= 15 is 0 Å². The van der Waals surface area contributed by atoms with E-state index in [9.17, 15) is 9.59 Å². The normalized spacial score (nSPS) is 25.6. The molecule has 4 atom stereocenters. The molecule has 0 radical (unpaired) electrons. The minimum absolute atomic E-state index is 0.0561. The minimum atomic E-state index is -0.261. The first kappa shape index (κ1) is 18.4. The molecule has 2 aromatic carbocycles. The number of fused-ring (bicyclic) bond motifs is 3. The highest BCUT2D eigenvalue weighted by Crippen LogP contribution is 2.45. The lowest BCUT2D eigenvalue weighted by atomic mass is 9.88. The summed E-state index contributed by atoms with van der Waals surface area (Å²) < 4.78 is 11.4. The van der Waals surface area contributed by atoms with E-state index in [-0.39, 0.29) is 23.8 Å². The maximum Gasteiger partial charge on any atom is 0.254 e. The minimum Gasteiger partial charge on any atom is -0.491 e. The SMILES string of the molecule is CNC(=O)c1cc(C(=O)N[C@H]2[C@@H]3COC[C@@H]32)cc2c1OC[C@@H]2c1cccc2[nH]ccc12. The van der Waals surface area contributed by atoms with Gasteiger partial charge >= 0.3 is 0 Å². The summed E-state index contributed by atoms with van der Waals surface area (Å²) in [6.07, 6.45) is 1.92. The van der Waals surface area contributed by atoms with Crippen LogP contribution in [0.1, 0.15) is 37.8 Å². The highest BCUT2D eigenvalue weighted by molar-refractivity contribution is 6.02. The van der Waals surface area contributed by atoms with E-state index in [1.54, 1.807) is 13.1 Å². The molecule has 7 nitrogen and oxygen atoms in total. The van der Waals surface area contributed by atoms with Gasteiger partial charge in [-0.05, 0) is 29.8 Å². The largest absolute Gasteiger partial charge is 0.491 e. The Morgan fingerprint density at radius 3 is 2.68 bits per heavy atom. The number of H-pyrrole nitrogens is 1. The van der Waals surface area contributed by atoms with Gasteiger partial charge in [-0.15, -0.1) is 0 Å². The van der Waals surface area contributed by atoms with Gasteiger partial charge in [0, 0.05) is 59.1 Å². The third-order valence-electron chi connectivity index (χ3n) is 6.88. The number of ether oxygens (including phenoxy) is 2. The third kappa shape index (κ3) is 2.84.